The molecule has 0 aliphatic rings. The van der Waals surface area contributed by atoms with E-state index >= 15 is 0 Å². The predicted octanol–water partition coefficient (Wildman–Crippen LogP) is 4.27. The van der Waals surface area contributed by atoms with Gasteiger partial charge in [-0.1, -0.05) is 12.1 Å². The minimum Gasteiger partial charge on any atom is -0.378 e. The highest BCUT2D eigenvalue weighted by atomic mass is 19.1. The average molecular weight is 286 g/mol. The largest absolute Gasteiger partial charge is 0.378 e. The van der Waals surface area contributed by atoms with Crippen LogP contribution in [0.25, 0.3) is 0 Å². The molecule has 0 radical (unpaired) electrons. The highest BCUT2D eigenvalue weighted by molar-refractivity contribution is 5.88. The number of hydrogen-bond acceptors (Lipinski definition) is 2. The molecule has 1 amide bonds. The summed E-state index contributed by atoms with van der Waals surface area (Å²) in [6.45, 7) is 5.33. The number of rotatable bonds is 4. The first-order chi connectivity index (χ1) is 9.94. The van der Waals surface area contributed by atoms with E-state index in [1.807, 2.05) is 44.2 Å². The molecule has 4 heteroatoms. The molecule has 0 bridgehead atoms. The van der Waals surface area contributed by atoms with E-state index in [0.717, 1.165) is 22.5 Å². The third-order valence-electron chi connectivity index (χ3n) is 3.13. The zero-order chi connectivity index (χ0) is 15.4. The van der Waals surface area contributed by atoms with Gasteiger partial charge in [0.25, 0.3) is 0 Å². The van der Waals surface area contributed by atoms with Crippen LogP contribution < -0.4 is 10.6 Å². The lowest BCUT2D eigenvalue weighted by atomic mass is 10.1. The number of carbonyl (C=O) groups excluding carboxylic acids is 1. The molecular weight excluding hydrogens is 267 g/mol. The van der Waals surface area contributed by atoms with Gasteiger partial charge in [-0.3, -0.25) is 4.79 Å². The maximum absolute atomic E-state index is 13.4. The van der Waals surface area contributed by atoms with Crippen molar-refractivity contribution >= 4 is 17.3 Å². The molecule has 0 heterocycles. The highest BCUT2D eigenvalue weighted by Crippen LogP contribution is 2.23. The number of benzene rings is 2. The van der Waals surface area contributed by atoms with Crippen LogP contribution in [0.1, 0.15) is 31.0 Å². The van der Waals surface area contributed by atoms with Crippen LogP contribution in [-0.2, 0) is 4.79 Å². The number of anilines is 2. The van der Waals surface area contributed by atoms with Gasteiger partial charge in [-0.05, 0) is 55.3 Å². The molecular formula is C17H19FN2O. The lowest BCUT2D eigenvalue weighted by molar-refractivity contribution is -0.114. The Hall–Kier alpha value is -2.36. The molecule has 2 aromatic rings. The van der Waals surface area contributed by atoms with Crippen LogP contribution in [0.2, 0.25) is 0 Å². The molecule has 3 nitrogen and oxygen atoms in total. The van der Waals surface area contributed by atoms with E-state index in [1.165, 1.54) is 19.1 Å². The summed E-state index contributed by atoms with van der Waals surface area (Å²) in [7, 11) is 0. The third-order valence-corrected chi connectivity index (χ3v) is 3.13. The maximum atomic E-state index is 13.4. The van der Waals surface area contributed by atoms with Crippen molar-refractivity contribution in [2.45, 2.75) is 26.8 Å². The topological polar surface area (TPSA) is 41.1 Å². The average Bonchev–Trinajstić information content (AvgIpc) is 2.36. The van der Waals surface area contributed by atoms with Gasteiger partial charge >= 0.3 is 0 Å². The van der Waals surface area contributed by atoms with Gasteiger partial charge in [-0.25, -0.2) is 4.39 Å². The van der Waals surface area contributed by atoms with Crippen molar-refractivity contribution < 1.29 is 9.18 Å². The number of aryl methyl sites for hydroxylation is 1. The zero-order valence-corrected chi connectivity index (χ0v) is 12.4. The maximum Gasteiger partial charge on any atom is 0.221 e. The smallest absolute Gasteiger partial charge is 0.221 e. The Morgan fingerprint density at radius 1 is 1.14 bits per heavy atom. The van der Waals surface area contributed by atoms with Crippen molar-refractivity contribution in [2.75, 3.05) is 10.6 Å². The third kappa shape index (κ3) is 4.31. The van der Waals surface area contributed by atoms with E-state index < -0.39 is 0 Å². The van der Waals surface area contributed by atoms with E-state index in [0.29, 0.717) is 0 Å². The molecule has 2 aromatic carbocycles. The quantitative estimate of drug-likeness (QED) is 0.881. The highest BCUT2D eigenvalue weighted by Gasteiger charge is 2.07. The first kappa shape index (κ1) is 15.0. The van der Waals surface area contributed by atoms with Crippen molar-refractivity contribution in [2.24, 2.45) is 0 Å². The van der Waals surface area contributed by atoms with Gasteiger partial charge < -0.3 is 10.6 Å². The standard InChI is InChI=1S/C17H19FN2O/c1-11-7-15(18)10-17(8-11)19-12(2)14-5-4-6-16(9-14)20-13(3)21/h4-10,12,19H,1-3H3,(H,20,21). The Morgan fingerprint density at radius 2 is 1.90 bits per heavy atom. The minimum atomic E-state index is -0.253. The van der Waals surface area contributed by atoms with Crippen LogP contribution in [0.15, 0.2) is 42.5 Å². The normalized spacial score (nSPS) is 11.8. The Morgan fingerprint density at radius 3 is 2.57 bits per heavy atom. The van der Waals surface area contributed by atoms with E-state index in [1.54, 1.807) is 0 Å². The number of nitrogens with one attached hydrogen (secondary N) is 2. The zero-order valence-electron chi connectivity index (χ0n) is 12.4. The molecule has 2 N–H and O–H groups in total. The molecule has 0 spiro atoms. The molecule has 0 saturated carbocycles. The fourth-order valence-electron chi connectivity index (χ4n) is 2.24. The van der Waals surface area contributed by atoms with Crippen LogP contribution in [-0.4, -0.2) is 5.91 Å². The molecule has 0 saturated heterocycles. The lowest BCUT2D eigenvalue weighted by Crippen LogP contribution is -2.09. The summed E-state index contributed by atoms with van der Waals surface area (Å²) in [6.07, 6.45) is 0. The number of hydrogen-bond donors (Lipinski definition) is 2. The van der Waals surface area contributed by atoms with E-state index in [-0.39, 0.29) is 17.8 Å². The van der Waals surface area contributed by atoms with Gasteiger partial charge in [-0.15, -0.1) is 0 Å². The summed E-state index contributed by atoms with van der Waals surface area (Å²) in [5, 5.41) is 6.02. The van der Waals surface area contributed by atoms with Gasteiger partial charge in [0.1, 0.15) is 5.82 Å². The second-order valence-corrected chi connectivity index (χ2v) is 5.19. The Bertz CT molecular complexity index is 635. The number of halogens is 1. The monoisotopic (exact) mass is 286 g/mol. The minimum absolute atomic E-state index is 0.0000850. The molecule has 21 heavy (non-hydrogen) atoms. The van der Waals surface area contributed by atoms with E-state index in [4.69, 9.17) is 0 Å². The number of amides is 1. The van der Waals surface area contributed by atoms with Crippen LogP contribution in [0, 0.1) is 12.7 Å². The van der Waals surface area contributed by atoms with Gasteiger partial charge in [0.15, 0.2) is 0 Å². The van der Waals surface area contributed by atoms with Crippen molar-refractivity contribution in [1.29, 1.82) is 0 Å². The first-order valence-electron chi connectivity index (χ1n) is 6.85. The first-order valence-corrected chi connectivity index (χ1v) is 6.85. The molecule has 110 valence electrons. The van der Waals surface area contributed by atoms with Gasteiger partial charge in [0.2, 0.25) is 5.91 Å². The number of carbonyl (C=O) groups is 1. The lowest BCUT2D eigenvalue weighted by Gasteiger charge is -2.17. The molecule has 0 aromatic heterocycles. The van der Waals surface area contributed by atoms with Crippen molar-refractivity contribution in [1.82, 2.24) is 0 Å². The van der Waals surface area contributed by atoms with Crippen LogP contribution in [0.3, 0.4) is 0 Å². The van der Waals surface area contributed by atoms with E-state index in [2.05, 4.69) is 10.6 Å². The molecule has 1 unspecified atom stereocenters. The Labute approximate surface area is 124 Å². The molecule has 0 fully saturated rings. The molecule has 2 rings (SSSR count). The Kier molecular flexibility index (Phi) is 4.58. The van der Waals surface area contributed by atoms with Crippen molar-refractivity contribution in [3.05, 3.63) is 59.4 Å². The van der Waals surface area contributed by atoms with Gasteiger partial charge in [-0.2, -0.15) is 0 Å². The fraction of sp³-hybridized carbons (Fsp3) is 0.235. The molecule has 0 aliphatic heterocycles. The summed E-state index contributed by atoms with van der Waals surface area (Å²) < 4.78 is 13.4. The summed E-state index contributed by atoms with van der Waals surface area (Å²) in [6, 6.07) is 12.5. The van der Waals surface area contributed by atoms with Crippen LogP contribution in [0.4, 0.5) is 15.8 Å². The van der Waals surface area contributed by atoms with E-state index in [9.17, 15) is 9.18 Å². The summed E-state index contributed by atoms with van der Waals surface area (Å²) >= 11 is 0. The van der Waals surface area contributed by atoms with Gasteiger partial charge in [0.05, 0.1) is 0 Å². The predicted molar refractivity (Wildman–Crippen MR) is 83.9 cm³/mol. The fourth-order valence-corrected chi connectivity index (χ4v) is 2.24. The summed E-state index contributed by atoms with van der Waals surface area (Å²) in [5.74, 6) is -0.356. The second kappa shape index (κ2) is 6.39. The Balaban J connectivity index is 2.16. The molecule has 0 aliphatic carbocycles. The summed E-state index contributed by atoms with van der Waals surface area (Å²) in [5.41, 5.74) is 3.38. The van der Waals surface area contributed by atoms with Crippen molar-refractivity contribution in [3.8, 4) is 0 Å². The molecule has 1 atom stereocenters. The summed E-state index contributed by atoms with van der Waals surface area (Å²) in [4.78, 5) is 11.1. The van der Waals surface area contributed by atoms with Crippen LogP contribution in [0.5, 0.6) is 0 Å². The van der Waals surface area contributed by atoms with Crippen molar-refractivity contribution in [3.63, 3.8) is 0 Å². The van der Waals surface area contributed by atoms with Gasteiger partial charge in [0, 0.05) is 24.3 Å². The SMILES string of the molecule is CC(=O)Nc1cccc(C(C)Nc2cc(C)cc(F)c2)c1. The second-order valence-electron chi connectivity index (χ2n) is 5.19. The van der Waals surface area contributed by atoms with Crippen LogP contribution >= 0.6 is 0 Å².